The molecule has 0 amide bonds. The van der Waals surface area contributed by atoms with Crippen molar-refractivity contribution in [3.63, 3.8) is 0 Å². The molecule has 1 fully saturated rings. The molecule has 2 rings (SSSR count). The normalized spacial score (nSPS) is 16.8. The van der Waals surface area contributed by atoms with E-state index in [1.807, 2.05) is 0 Å². The molecule has 0 N–H and O–H groups in total. The highest BCUT2D eigenvalue weighted by atomic mass is 19.1. The number of aliphatic imine (C=N–C) groups is 1. The Bertz CT molecular complexity index is 440. The highest BCUT2D eigenvalue weighted by Gasteiger charge is 2.42. The molecule has 1 aliphatic carbocycles. The topological polar surface area (TPSA) is 38.7 Å². The van der Waals surface area contributed by atoms with E-state index < -0.39 is 12.2 Å². The number of rotatable bonds is 4. The summed E-state index contributed by atoms with van der Waals surface area (Å²) in [4.78, 5) is 14.5. The lowest BCUT2D eigenvalue weighted by Gasteiger charge is -2.38. The fourth-order valence-corrected chi connectivity index (χ4v) is 2.40. The van der Waals surface area contributed by atoms with Gasteiger partial charge in [0.15, 0.2) is 0 Å². The monoisotopic (exact) mass is 235 g/mol. The summed E-state index contributed by atoms with van der Waals surface area (Å²) in [5.74, 6) is 0.596. The first-order chi connectivity index (χ1) is 8.27. The van der Waals surface area contributed by atoms with Crippen LogP contribution in [0.4, 0.5) is 4.39 Å². The van der Waals surface area contributed by atoms with E-state index in [9.17, 15) is 9.18 Å². The van der Waals surface area contributed by atoms with Crippen LogP contribution in [-0.2, 0) is 17.0 Å². The molecule has 1 aromatic rings. The van der Waals surface area contributed by atoms with Crippen molar-refractivity contribution in [1.29, 1.82) is 0 Å². The molecule has 0 heterocycles. The summed E-state index contributed by atoms with van der Waals surface area (Å²) in [5, 5.41) is 0. The van der Waals surface area contributed by atoms with Gasteiger partial charge in [0.1, 0.15) is 18.0 Å². The lowest BCUT2D eigenvalue weighted by atomic mass is 9.70. The van der Waals surface area contributed by atoms with Crippen LogP contribution in [0, 0.1) is 0 Å². The molecule has 1 aliphatic rings. The standard InChI is InChI=1S/C13H14FNO2/c1-17-11-5-2-4-10(8-14)12(11)13(15-9-16)6-3-7-13/h2,4-5H,3,6-8H2,1H3. The molecular weight excluding hydrogens is 221 g/mol. The van der Waals surface area contributed by atoms with Crippen molar-refractivity contribution < 1.29 is 13.9 Å². The van der Waals surface area contributed by atoms with Gasteiger partial charge in [0.05, 0.1) is 7.11 Å². The van der Waals surface area contributed by atoms with Gasteiger partial charge in [-0.25, -0.2) is 9.18 Å². The summed E-state index contributed by atoms with van der Waals surface area (Å²) < 4.78 is 18.3. The van der Waals surface area contributed by atoms with Crippen LogP contribution in [0.5, 0.6) is 5.75 Å². The van der Waals surface area contributed by atoms with Crippen molar-refractivity contribution in [3.8, 4) is 5.75 Å². The summed E-state index contributed by atoms with van der Waals surface area (Å²) in [5.41, 5.74) is 0.637. The van der Waals surface area contributed by atoms with E-state index in [0.717, 1.165) is 19.3 Å². The van der Waals surface area contributed by atoms with Crippen LogP contribution in [0.2, 0.25) is 0 Å². The number of hydrogen-bond acceptors (Lipinski definition) is 3. The van der Waals surface area contributed by atoms with Crippen LogP contribution in [0.25, 0.3) is 0 Å². The lowest BCUT2D eigenvalue weighted by molar-refractivity contribution is 0.242. The SMILES string of the molecule is COc1cccc(CF)c1C1(N=C=O)CCC1. The van der Waals surface area contributed by atoms with E-state index >= 15 is 0 Å². The van der Waals surface area contributed by atoms with Gasteiger partial charge in [-0.2, -0.15) is 4.99 Å². The first-order valence-electron chi connectivity index (χ1n) is 5.59. The zero-order valence-corrected chi connectivity index (χ0v) is 9.70. The fraction of sp³-hybridized carbons (Fsp3) is 0.462. The number of benzene rings is 1. The maximum absolute atomic E-state index is 13.0. The molecule has 0 saturated heterocycles. The summed E-state index contributed by atoms with van der Waals surface area (Å²) >= 11 is 0. The number of alkyl halides is 1. The number of hydrogen-bond donors (Lipinski definition) is 0. The Morgan fingerprint density at radius 3 is 2.76 bits per heavy atom. The van der Waals surface area contributed by atoms with Gasteiger partial charge < -0.3 is 4.74 Å². The Morgan fingerprint density at radius 2 is 2.29 bits per heavy atom. The number of ether oxygens (including phenoxy) is 1. The van der Waals surface area contributed by atoms with Gasteiger partial charge in [0.25, 0.3) is 0 Å². The Balaban J connectivity index is 2.59. The second-order valence-electron chi connectivity index (χ2n) is 4.22. The highest BCUT2D eigenvalue weighted by molar-refractivity contribution is 5.49. The third kappa shape index (κ3) is 1.85. The van der Waals surface area contributed by atoms with Crippen molar-refractivity contribution in [3.05, 3.63) is 29.3 Å². The maximum Gasteiger partial charge on any atom is 0.235 e. The third-order valence-electron chi connectivity index (χ3n) is 3.38. The molecule has 4 heteroatoms. The minimum Gasteiger partial charge on any atom is -0.496 e. The van der Waals surface area contributed by atoms with E-state index in [1.54, 1.807) is 24.3 Å². The van der Waals surface area contributed by atoms with E-state index in [-0.39, 0.29) is 0 Å². The Kier molecular flexibility index (Phi) is 3.25. The van der Waals surface area contributed by atoms with Gasteiger partial charge >= 0.3 is 0 Å². The summed E-state index contributed by atoms with van der Waals surface area (Å²) in [6.45, 7) is -0.581. The summed E-state index contributed by atoms with van der Waals surface area (Å²) in [6.07, 6.45) is 4.08. The fourth-order valence-electron chi connectivity index (χ4n) is 2.40. The number of isocyanates is 1. The van der Waals surface area contributed by atoms with Crippen LogP contribution in [0.1, 0.15) is 30.4 Å². The van der Waals surface area contributed by atoms with Crippen molar-refractivity contribution in [2.24, 2.45) is 4.99 Å². The van der Waals surface area contributed by atoms with Crippen molar-refractivity contribution in [2.75, 3.05) is 7.11 Å². The summed E-state index contributed by atoms with van der Waals surface area (Å²) in [7, 11) is 1.54. The number of nitrogens with zero attached hydrogens (tertiary/aromatic N) is 1. The zero-order valence-electron chi connectivity index (χ0n) is 9.70. The first-order valence-corrected chi connectivity index (χ1v) is 5.59. The van der Waals surface area contributed by atoms with Gasteiger partial charge in [-0.3, -0.25) is 0 Å². The minimum atomic E-state index is -0.615. The average Bonchev–Trinajstić information content (AvgIpc) is 2.33. The highest BCUT2D eigenvalue weighted by Crippen LogP contribution is 2.49. The van der Waals surface area contributed by atoms with Crippen LogP contribution in [0.15, 0.2) is 23.2 Å². The van der Waals surface area contributed by atoms with Crippen molar-refractivity contribution in [2.45, 2.75) is 31.5 Å². The van der Waals surface area contributed by atoms with Gasteiger partial charge in [0, 0.05) is 5.56 Å². The van der Waals surface area contributed by atoms with Crippen LogP contribution in [0.3, 0.4) is 0 Å². The molecular formula is C13H14FNO2. The predicted octanol–water partition coefficient (Wildman–Crippen LogP) is 2.88. The van der Waals surface area contributed by atoms with E-state index in [2.05, 4.69) is 4.99 Å². The zero-order chi connectivity index (χ0) is 12.3. The molecule has 0 bridgehead atoms. The van der Waals surface area contributed by atoms with Crippen molar-refractivity contribution in [1.82, 2.24) is 0 Å². The molecule has 0 aliphatic heterocycles. The van der Waals surface area contributed by atoms with Crippen LogP contribution in [-0.4, -0.2) is 13.2 Å². The number of methoxy groups -OCH3 is 1. The molecule has 17 heavy (non-hydrogen) atoms. The Labute approximate surface area is 99.3 Å². The van der Waals surface area contributed by atoms with Crippen LogP contribution >= 0.6 is 0 Å². The number of halogens is 1. The predicted molar refractivity (Wildman–Crippen MR) is 61.5 cm³/mol. The summed E-state index contributed by atoms with van der Waals surface area (Å²) in [6, 6.07) is 5.22. The smallest absolute Gasteiger partial charge is 0.235 e. The third-order valence-corrected chi connectivity index (χ3v) is 3.38. The van der Waals surface area contributed by atoms with Gasteiger partial charge in [-0.1, -0.05) is 12.1 Å². The van der Waals surface area contributed by atoms with Crippen LogP contribution < -0.4 is 4.74 Å². The molecule has 0 atom stereocenters. The lowest BCUT2D eigenvalue weighted by Crippen LogP contribution is -2.33. The second kappa shape index (κ2) is 4.68. The van der Waals surface area contributed by atoms with E-state index in [0.29, 0.717) is 16.9 Å². The molecule has 0 spiro atoms. The van der Waals surface area contributed by atoms with Gasteiger partial charge in [-0.05, 0) is 30.9 Å². The molecule has 0 aromatic heterocycles. The maximum atomic E-state index is 13.0. The van der Waals surface area contributed by atoms with Gasteiger partial charge in [0.2, 0.25) is 6.08 Å². The second-order valence-corrected chi connectivity index (χ2v) is 4.22. The average molecular weight is 235 g/mol. The molecule has 1 aromatic carbocycles. The molecule has 3 nitrogen and oxygen atoms in total. The Morgan fingerprint density at radius 1 is 1.53 bits per heavy atom. The Hall–Kier alpha value is -1.67. The van der Waals surface area contributed by atoms with E-state index in [4.69, 9.17) is 4.74 Å². The molecule has 0 unspecified atom stereocenters. The van der Waals surface area contributed by atoms with Crippen molar-refractivity contribution >= 4 is 6.08 Å². The minimum absolute atomic E-state index is 0.544. The molecule has 0 radical (unpaired) electrons. The van der Waals surface area contributed by atoms with E-state index in [1.165, 1.54) is 7.11 Å². The largest absolute Gasteiger partial charge is 0.496 e. The number of carbonyl (C=O) groups excluding carboxylic acids is 1. The quantitative estimate of drug-likeness (QED) is 0.594. The van der Waals surface area contributed by atoms with Gasteiger partial charge in [-0.15, -0.1) is 0 Å². The molecule has 1 saturated carbocycles. The first kappa shape index (κ1) is 11.8. The molecule has 90 valence electrons.